The molecule has 1 saturated heterocycles. The highest BCUT2D eigenvalue weighted by Gasteiger charge is 2.25. The van der Waals surface area contributed by atoms with Crippen LogP contribution in [0.3, 0.4) is 0 Å². The van der Waals surface area contributed by atoms with Gasteiger partial charge in [0.05, 0.1) is 9.38 Å². The van der Waals surface area contributed by atoms with E-state index in [-0.39, 0.29) is 11.2 Å². The molecule has 0 radical (unpaired) electrons. The van der Waals surface area contributed by atoms with Gasteiger partial charge in [-0.15, -0.1) is 0 Å². The van der Waals surface area contributed by atoms with E-state index >= 15 is 0 Å². The first kappa shape index (κ1) is 17.2. The van der Waals surface area contributed by atoms with Crippen LogP contribution in [0.2, 0.25) is 0 Å². The van der Waals surface area contributed by atoms with E-state index < -0.39 is 5.91 Å². The standard InChI is InChI=1S/C17H16BrNO4S/c18-12-7-11(8-14-16(21)19-17(22)24-14)5-6-13(12)23-15(20)9-10-3-1-2-4-10/h5-8,10H,1-4,9H2,(H,19,21,22). The lowest BCUT2D eigenvalue weighted by Gasteiger charge is -2.10. The minimum Gasteiger partial charge on any atom is -0.425 e. The van der Waals surface area contributed by atoms with Crippen molar-refractivity contribution in [2.24, 2.45) is 5.92 Å². The quantitative estimate of drug-likeness (QED) is 0.456. The monoisotopic (exact) mass is 409 g/mol. The molecule has 7 heteroatoms. The second kappa shape index (κ2) is 7.53. The SMILES string of the molecule is O=C(CC1CCCC1)Oc1ccc(C=C2SC(=O)NC2=O)cc1Br. The van der Waals surface area contributed by atoms with Crippen LogP contribution in [0.25, 0.3) is 6.08 Å². The Morgan fingerprint density at radius 2 is 2.08 bits per heavy atom. The summed E-state index contributed by atoms with van der Waals surface area (Å²) in [5.41, 5.74) is 0.741. The van der Waals surface area contributed by atoms with Gasteiger partial charge in [-0.2, -0.15) is 0 Å². The van der Waals surface area contributed by atoms with Crippen LogP contribution in [0.5, 0.6) is 5.75 Å². The lowest BCUT2D eigenvalue weighted by atomic mass is 10.0. The maximum absolute atomic E-state index is 12.0. The second-order valence-corrected chi connectivity index (χ2v) is 7.74. The van der Waals surface area contributed by atoms with Gasteiger partial charge in [-0.25, -0.2) is 0 Å². The van der Waals surface area contributed by atoms with Crippen LogP contribution in [0, 0.1) is 5.92 Å². The van der Waals surface area contributed by atoms with Gasteiger partial charge in [-0.05, 0) is 70.2 Å². The number of carbonyl (C=O) groups excluding carboxylic acids is 3. The molecule has 0 spiro atoms. The van der Waals surface area contributed by atoms with Crippen LogP contribution in [-0.2, 0) is 9.59 Å². The molecule has 1 heterocycles. The van der Waals surface area contributed by atoms with E-state index in [1.807, 2.05) is 0 Å². The van der Waals surface area contributed by atoms with Crippen molar-refractivity contribution in [1.29, 1.82) is 0 Å². The van der Waals surface area contributed by atoms with E-state index in [4.69, 9.17) is 4.74 Å². The van der Waals surface area contributed by atoms with Crippen LogP contribution in [0.4, 0.5) is 4.79 Å². The Labute approximate surface area is 152 Å². The average Bonchev–Trinajstić information content (AvgIpc) is 3.12. The predicted molar refractivity (Wildman–Crippen MR) is 95.5 cm³/mol. The Hall–Kier alpha value is -1.60. The van der Waals surface area contributed by atoms with E-state index in [1.54, 1.807) is 24.3 Å². The minimum atomic E-state index is -0.395. The number of carbonyl (C=O) groups is 3. The maximum atomic E-state index is 12.0. The Morgan fingerprint density at radius 3 is 2.71 bits per heavy atom. The number of imide groups is 1. The number of esters is 1. The predicted octanol–water partition coefficient (Wildman–Crippen LogP) is 4.26. The first-order valence-electron chi connectivity index (χ1n) is 7.76. The summed E-state index contributed by atoms with van der Waals surface area (Å²) in [5.74, 6) is 0.286. The highest BCUT2D eigenvalue weighted by Crippen LogP contribution is 2.32. The van der Waals surface area contributed by atoms with Gasteiger partial charge < -0.3 is 4.74 Å². The van der Waals surface area contributed by atoms with Crippen molar-refractivity contribution in [3.8, 4) is 5.75 Å². The maximum Gasteiger partial charge on any atom is 0.311 e. The third-order valence-corrected chi connectivity index (χ3v) is 5.48. The summed E-state index contributed by atoms with van der Waals surface area (Å²) >= 11 is 4.25. The van der Waals surface area contributed by atoms with Gasteiger partial charge >= 0.3 is 5.97 Å². The third-order valence-electron chi connectivity index (χ3n) is 4.05. The summed E-state index contributed by atoms with van der Waals surface area (Å²) in [6, 6.07) is 5.18. The number of hydrogen-bond donors (Lipinski definition) is 1. The lowest BCUT2D eigenvalue weighted by Crippen LogP contribution is -2.17. The Balaban J connectivity index is 1.66. The fourth-order valence-corrected chi connectivity index (χ4v) is 4.04. The number of amides is 2. The zero-order chi connectivity index (χ0) is 17.1. The number of halogens is 1. The molecule has 1 aromatic rings. The second-order valence-electron chi connectivity index (χ2n) is 5.87. The average molecular weight is 410 g/mol. The molecular weight excluding hydrogens is 394 g/mol. The van der Waals surface area contributed by atoms with Gasteiger partial charge in [0.25, 0.3) is 11.1 Å². The molecule has 2 aliphatic rings. The smallest absolute Gasteiger partial charge is 0.311 e. The molecule has 0 bridgehead atoms. The molecule has 0 unspecified atom stereocenters. The van der Waals surface area contributed by atoms with Crippen LogP contribution >= 0.6 is 27.7 Å². The molecule has 2 fully saturated rings. The highest BCUT2D eigenvalue weighted by atomic mass is 79.9. The number of ether oxygens (including phenoxy) is 1. The van der Waals surface area contributed by atoms with Gasteiger partial charge in [0, 0.05) is 6.42 Å². The fourth-order valence-electron chi connectivity index (χ4n) is 2.88. The molecule has 5 nitrogen and oxygen atoms in total. The molecule has 1 aromatic carbocycles. The Morgan fingerprint density at radius 1 is 1.33 bits per heavy atom. The zero-order valence-corrected chi connectivity index (χ0v) is 15.2. The molecule has 1 aliphatic heterocycles. The molecule has 3 rings (SSSR count). The summed E-state index contributed by atoms with van der Waals surface area (Å²) in [6.45, 7) is 0. The number of benzene rings is 1. The van der Waals surface area contributed by atoms with E-state index in [1.165, 1.54) is 12.8 Å². The van der Waals surface area contributed by atoms with Crippen molar-refractivity contribution in [2.45, 2.75) is 32.1 Å². The van der Waals surface area contributed by atoms with Gasteiger partial charge in [0.15, 0.2) is 0 Å². The molecule has 0 aromatic heterocycles. The first-order chi connectivity index (χ1) is 11.5. The topological polar surface area (TPSA) is 72.5 Å². The van der Waals surface area contributed by atoms with Crippen molar-refractivity contribution in [2.75, 3.05) is 0 Å². The molecule has 1 N–H and O–H groups in total. The number of rotatable bonds is 4. The Bertz CT molecular complexity index is 725. The van der Waals surface area contributed by atoms with E-state index in [2.05, 4.69) is 21.2 Å². The fraction of sp³-hybridized carbons (Fsp3) is 0.353. The van der Waals surface area contributed by atoms with Crippen molar-refractivity contribution in [3.05, 3.63) is 33.1 Å². The normalized spacial score (nSPS) is 19.8. The largest absolute Gasteiger partial charge is 0.425 e. The van der Waals surface area contributed by atoms with E-state index in [0.717, 1.165) is 30.2 Å². The molecule has 126 valence electrons. The summed E-state index contributed by atoms with van der Waals surface area (Å²) in [7, 11) is 0. The third kappa shape index (κ3) is 4.27. The van der Waals surface area contributed by atoms with Gasteiger partial charge in [-0.3, -0.25) is 19.7 Å². The van der Waals surface area contributed by atoms with E-state index in [0.29, 0.717) is 27.5 Å². The summed E-state index contributed by atoms with van der Waals surface area (Å²) in [4.78, 5) is 35.1. The van der Waals surface area contributed by atoms with Gasteiger partial charge in [0.2, 0.25) is 0 Å². The molecule has 24 heavy (non-hydrogen) atoms. The lowest BCUT2D eigenvalue weighted by molar-refractivity contribution is -0.135. The van der Waals surface area contributed by atoms with Crippen molar-refractivity contribution in [1.82, 2.24) is 5.32 Å². The number of hydrogen-bond acceptors (Lipinski definition) is 5. The summed E-state index contributed by atoms with van der Waals surface area (Å²) in [6.07, 6.45) is 6.66. The van der Waals surface area contributed by atoms with Crippen LogP contribution in [0.1, 0.15) is 37.7 Å². The van der Waals surface area contributed by atoms with Gasteiger partial charge in [0.1, 0.15) is 5.75 Å². The van der Waals surface area contributed by atoms with Crippen LogP contribution in [-0.4, -0.2) is 17.1 Å². The van der Waals surface area contributed by atoms with Crippen molar-refractivity contribution >= 4 is 50.9 Å². The first-order valence-corrected chi connectivity index (χ1v) is 9.37. The molecular formula is C17H16BrNO4S. The Kier molecular flexibility index (Phi) is 5.40. The zero-order valence-electron chi connectivity index (χ0n) is 12.8. The summed E-state index contributed by atoms with van der Waals surface area (Å²) in [5, 5.41) is 1.84. The van der Waals surface area contributed by atoms with Crippen LogP contribution < -0.4 is 10.1 Å². The van der Waals surface area contributed by atoms with Crippen LogP contribution in [0.15, 0.2) is 27.6 Å². The van der Waals surface area contributed by atoms with Crippen molar-refractivity contribution in [3.63, 3.8) is 0 Å². The number of nitrogens with one attached hydrogen (secondary N) is 1. The molecule has 0 atom stereocenters. The minimum absolute atomic E-state index is 0.218. The summed E-state index contributed by atoms with van der Waals surface area (Å²) < 4.78 is 6.06. The highest BCUT2D eigenvalue weighted by molar-refractivity contribution is 9.10. The number of thioether (sulfide) groups is 1. The van der Waals surface area contributed by atoms with Gasteiger partial charge in [-0.1, -0.05) is 18.9 Å². The molecule has 2 amide bonds. The molecule has 1 saturated carbocycles. The van der Waals surface area contributed by atoms with Crippen molar-refractivity contribution < 1.29 is 19.1 Å². The van der Waals surface area contributed by atoms with E-state index in [9.17, 15) is 14.4 Å². The molecule has 1 aliphatic carbocycles.